The third-order valence-corrected chi connectivity index (χ3v) is 4.75. The van der Waals surface area contributed by atoms with Gasteiger partial charge in [-0.05, 0) is 50.1 Å². The average molecular weight is 368 g/mol. The predicted molar refractivity (Wildman–Crippen MR) is 107 cm³/mol. The minimum Gasteiger partial charge on any atom is -0.496 e. The molecule has 0 radical (unpaired) electrons. The van der Waals surface area contributed by atoms with E-state index in [2.05, 4.69) is 4.98 Å². The molecule has 0 aliphatic carbocycles. The Morgan fingerprint density at radius 1 is 1.11 bits per heavy atom. The number of methoxy groups -OCH3 is 1. The average Bonchev–Trinajstić information content (AvgIpc) is 2.97. The van der Waals surface area contributed by atoms with Crippen LogP contribution in [0.2, 0.25) is 0 Å². The Morgan fingerprint density at radius 2 is 1.81 bits per heavy atom. The van der Waals surface area contributed by atoms with Crippen LogP contribution in [0.5, 0.6) is 5.75 Å². The number of ether oxygens (including phenoxy) is 1. The summed E-state index contributed by atoms with van der Waals surface area (Å²) < 4.78 is 9.80. The summed E-state index contributed by atoms with van der Waals surface area (Å²) >= 11 is 0. The molecule has 2 aromatic heterocycles. The highest BCUT2D eigenvalue weighted by atomic mass is 16.5. The van der Waals surface area contributed by atoms with E-state index in [1.807, 2.05) is 44.2 Å². The second kappa shape index (κ2) is 7.26. The fourth-order valence-electron chi connectivity index (χ4n) is 3.27. The summed E-state index contributed by atoms with van der Waals surface area (Å²) in [5.41, 5.74) is 2.26. The van der Waals surface area contributed by atoms with Gasteiger partial charge in [0.2, 0.25) is 0 Å². The van der Waals surface area contributed by atoms with Gasteiger partial charge in [-0.25, -0.2) is 9.78 Å². The molecule has 0 N–H and O–H groups in total. The summed E-state index contributed by atoms with van der Waals surface area (Å²) in [6.07, 6.45) is 3.78. The number of aromatic nitrogens is 4. The lowest BCUT2D eigenvalue weighted by Crippen LogP contribution is -2.39. The molecule has 0 bridgehead atoms. The molecule has 7 heteroatoms. The summed E-state index contributed by atoms with van der Waals surface area (Å²) in [6.45, 7) is 6.42. The molecule has 0 amide bonds. The number of rotatable bonds is 5. The lowest BCUT2D eigenvalue weighted by Gasteiger charge is -2.08. The standard InChI is InChI=1S/C20H24N4O3/c1-6-23-18-17(19(25)24(7-2)20(23)26)22(4)16(21-18)11-9-14-8-10-15(27-5)13(3)12-14/h8-12H,6-7H2,1-5H3. The number of hydrogen-bond donors (Lipinski definition) is 0. The van der Waals surface area contributed by atoms with Gasteiger partial charge in [0.15, 0.2) is 11.2 Å². The van der Waals surface area contributed by atoms with Crippen molar-refractivity contribution in [3.8, 4) is 5.75 Å². The molecule has 142 valence electrons. The monoisotopic (exact) mass is 368 g/mol. The number of imidazole rings is 1. The van der Waals surface area contributed by atoms with Gasteiger partial charge in [0.05, 0.1) is 7.11 Å². The van der Waals surface area contributed by atoms with Gasteiger partial charge in [-0.15, -0.1) is 0 Å². The van der Waals surface area contributed by atoms with E-state index in [1.165, 1.54) is 9.13 Å². The molecule has 0 fully saturated rings. The summed E-state index contributed by atoms with van der Waals surface area (Å²) in [5.74, 6) is 1.45. The molecule has 0 unspecified atom stereocenters. The predicted octanol–water partition coefficient (Wildman–Crippen LogP) is 2.42. The fraction of sp³-hybridized carbons (Fsp3) is 0.350. The van der Waals surface area contributed by atoms with Crippen molar-refractivity contribution in [3.63, 3.8) is 0 Å². The lowest BCUT2D eigenvalue weighted by molar-refractivity contribution is 0.411. The zero-order chi connectivity index (χ0) is 19.7. The molecule has 3 aromatic rings. The highest BCUT2D eigenvalue weighted by Gasteiger charge is 2.17. The van der Waals surface area contributed by atoms with Gasteiger partial charge in [0.25, 0.3) is 5.56 Å². The van der Waals surface area contributed by atoms with Crippen molar-refractivity contribution in [1.82, 2.24) is 18.7 Å². The lowest BCUT2D eigenvalue weighted by atomic mass is 10.1. The number of aryl methyl sites for hydroxylation is 3. The normalized spacial score (nSPS) is 11.6. The molecule has 0 atom stereocenters. The van der Waals surface area contributed by atoms with Crippen molar-refractivity contribution in [2.24, 2.45) is 7.05 Å². The van der Waals surface area contributed by atoms with E-state index in [-0.39, 0.29) is 11.2 Å². The molecular formula is C20H24N4O3. The van der Waals surface area contributed by atoms with E-state index < -0.39 is 0 Å². The molecule has 7 nitrogen and oxygen atoms in total. The molecule has 0 spiro atoms. The third-order valence-electron chi connectivity index (χ3n) is 4.75. The second-order valence-electron chi connectivity index (χ2n) is 6.34. The summed E-state index contributed by atoms with van der Waals surface area (Å²) in [4.78, 5) is 29.8. The van der Waals surface area contributed by atoms with Crippen LogP contribution in [0.3, 0.4) is 0 Å². The van der Waals surface area contributed by atoms with Crippen molar-refractivity contribution in [3.05, 3.63) is 56.0 Å². The van der Waals surface area contributed by atoms with Crippen LogP contribution in [0.4, 0.5) is 0 Å². The Bertz CT molecular complexity index is 1150. The van der Waals surface area contributed by atoms with Crippen molar-refractivity contribution in [1.29, 1.82) is 0 Å². The van der Waals surface area contributed by atoms with Gasteiger partial charge >= 0.3 is 5.69 Å². The van der Waals surface area contributed by atoms with Crippen LogP contribution in [-0.4, -0.2) is 25.8 Å². The van der Waals surface area contributed by atoms with Gasteiger partial charge < -0.3 is 9.30 Å². The molecule has 0 aliphatic heterocycles. The highest BCUT2D eigenvalue weighted by Crippen LogP contribution is 2.20. The largest absolute Gasteiger partial charge is 0.496 e. The maximum Gasteiger partial charge on any atom is 0.332 e. The van der Waals surface area contributed by atoms with Crippen LogP contribution >= 0.6 is 0 Å². The maximum atomic E-state index is 12.7. The van der Waals surface area contributed by atoms with E-state index in [1.54, 1.807) is 25.6 Å². The molecule has 0 aliphatic rings. The quantitative estimate of drug-likeness (QED) is 0.693. The van der Waals surface area contributed by atoms with Gasteiger partial charge in [-0.3, -0.25) is 13.9 Å². The number of nitrogens with zero attached hydrogens (tertiary/aromatic N) is 4. The third kappa shape index (κ3) is 3.09. The Balaban J connectivity index is 2.15. The first kappa shape index (κ1) is 18.7. The Morgan fingerprint density at radius 3 is 2.41 bits per heavy atom. The summed E-state index contributed by atoms with van der Waals surface area (Å²) in [6, 6.07) is 5.89. The van der Waals surface area contributed by atoms with Crippen LogP contribution in [0, 0.1) is 6.92 Å². The van der Waals surface area contributed by atoms with E-state index >= 15 is 0 Å². The number of fused-ring (bicyclic) bond motifs is 1. The van der Waals surface area contributed by atoms with E-state index in [0.29, 0.717) is 30.1 Å². The fourth-order valence-corrected chi connectivity index (χ4v) is 3.27. The van der Waals surface area contributed by atoms with Crippen molar-refractivity contribution in [2.45, 2.75) is 33.9 Å². The Kier molecular flexibility index (Phi) is 5.03. The Labute approximate surface area is 157 Å². The van der Waals surface area contributed by atoms with E-state index in [0.717, 1.165) is 16.9 Å². The van der Waals surface area contributed by atoms with E-state index in [9.17, 15) is 9.59 Å². The van der Waals surface area contributed by atoms with Crippen LogP contribution in [-0.2, 0) is 20.1 Å². The first-order valence-electron chi connectivity index (χ1n) is 8.95. The van der Waals surface area contributed by atoms with Gasteiger partial charge in [0.1, 0.15) is 11.6 Å². The molecule has 3 rings (SSSR count). The van der Waals surface area contributed by atoms with Gasteiger partial charge in [-0.1, -0.05) is 12.1 Å². The van der Waals surface area contributed by atoms with Crippen LogP contribution in [0.15, 0.2) is 27.8 Å². The molecule has 0 saturated carbocycles. The molecule has 27 heavy (non-hydrogen) atoms. The van der Waals surface area contributed by atoms with E-state index in [4.69, 9.17) is 4.74 Å². The minimum absolute atomic E-state index is 0.308. The summed E-state index contributed by atoms with van der Waals surface area (Å²) in [7, 11) is 3.44. The zero-order valence-electron chi connectivity index (χ0n) is 16.3. The highest BCUT2D eigenvalue weighted by molar-refractivity contribution is 5.76. The minimum atomic E-state index is -0.322. The molecule has 1 aromatic carbocycles. The molecular weight excluding hydrogens is 344 g/mol. The first-order valence-corrected chi connectivity index (χ1v) is 8.95. The van der Waals surface area contributed by atoms with Gasteiger partial charge in [-0.2, -0.15) is 0 Å². The smallest absolute Gasteiger partial charge is 0.332 e. The zero-order valence-corrected chi connectivity index (χ0v) is 16.3. The van der Waals surface area contributed by atoms with Crippen molar-refractivity contribution >= 4 is 23.3 Å². The number of benzene rings is 1. The first-order chi connectivity index (χ1) is 12.9. The Hall–Kier alpha value is -3.09. The molecule has 2 heterocycles. The summed E-state index contributed by atoms with van der Waals surface area (Å²) in [5, 5.41) is 0. The second-order valence-corrected chi connectivity index (χ2v) is 6.34. The van der Waals surface area contributed by atoms with Crippen LogP contribution in [0.1, 0.15) is 30.8 Å². The molecule has 0 saturated heterocycles. The topological polar surface area (TPSA) is 71.1 Å². The van der Waals surface area contributed by atoms with Crippen molar-refractivity contribution in [2.75, 3.05) is 7.11 Å². The van der Waals surface area contributed by atoms with Crippen LogP contribution in [0.25, 0.3) is 23.3 Å². The van der Waals surface area contributed by atoms with Gasteiger partial charge in [0, 0.05) is 20.1 Å². The van der Waals surface area contributed by atoms with Crippen molar-refractivity contribution < 1.29 is 4.74 Å². The maximum absolute atomic E-state index is 12.7. The number of hydrogen-bond acceptors (Lipinski definition) is 4. The SMILES string of the molecule is CCn1c(=O)c2c(nc(C=Cc3ccc(OC)c(C)c3)n2C)n(CC)c1=O. The van der Waals surface area contributed by atoms with Crippen LogP contribution < -0.4 is 16.0 Å².